The molecule has 3 rings (SSSR count). The topological polar surface area (TPSA) is 112 Å². The predicted octanol–water partition coefficient (Wildman–Crippen LogP) is 3.32. The summed E-state index contributed by atoms with van der Waals surface area (Å²) in [7, 11) is 1.19. The Morgan fingerprint density at radius 2 is 1.85 bits per heavy atom. The minimum Gasteiger partial charge on any atom is -0.497 e. The molecule has 176 valence electrons. The summed E-state index contributed by atoms with van der Waals surface area (Å²) in [4.78, 5) is 13.2. The molecule has 0 aliphatic rings. The number of aromatic nitrogens is 3. The average Bonchev–Trinajstić information content (AvgIpc) is 3.16. The Kier molecular flexibility index (Phi) is 7.98. The van der Waals surface area contributed by atoms with Crippen molar-refractivity contribution in [2.45, 2.75) is 34.4 Å². The van der Waals surface area contributed by atoms with Gasteiger partial charge in [-0.1, -0.05) is 36.9 Å². The fourth-order valence-corrected chi connectivity index (χ4v) is 5.29. The minimum absolute atomic E-state index is 0.224. The lowest BCUT2D eigenvalue weighted by Gasteiger charge is -2.16. The lowest BCUT2D eigenvalue weighted by Crippen LogP contribution is -2.25. The number of carbonyl (C=O) groups excluding carboxylic acids is 1. The second-order valence-corrected chi connectivity index (χ2v) is 10.3. The number of thioether (sulfide) groups is 1. The van der Waals surface area contributed by atoms with Crippen LogP contribution in [0, 0.1) is 0 Å². The quantitative estimate of drug-likeness (QED) is 0.431. The fourth-order valence-electron chi connectivity index (χ4n) is 3.02. The van der Waals surface area contributed by atoms with Crippen LogP contribution in [0.5, 0.6) is 11.5 Å². The van der Waals surface area contributed by atoms with Crippen molar-refractivity contribution in [1.29, 1.82) is 0 Å². The molecule has 1 unspecified atom stereocenters. The molecule has 0 radical (unpaired) electrons. The maximum atomic E-state index is 12.9. The average molecular weight is 491 g/mol. The molecule has 1 heterocycles. The van der Waals surface area contributed by atoms with Crippen molar-refractivity contribution in [3.05, 3.63) is 54.4 Å². The molecule has 0 saturated heterocycles. The van der Waals surface area contributed by atoms with Crippen LogP contribution in [0.2, 0.25) is 0 Å². The van der Waals surface area contributed by atoms with E-state index in [-0.39, 0.29) is 16.6 Å². The van der Waals surface area contributed by atoms with Gasteiger partial charge in [-0.25, -0.2) is 8.42 Å². The van der Waals surface area contributed by atoms with E-state index in [2.05, 4.69) is 15.5 Å². The van der Waals surface area contributed by atoms with Crippen LogP contribution in [0.25, 0.3) is 0 Å². The summed E-state index contributed by atoms with van der Waals surface area (Å²) >= 11 is 1.22. The van der Waals surface area contributed by atoms with E-state index in [1.54, 1.807) is 67.3 Å². The summed E-state index contributed by atoms with van der Waals surface area (Å²) in [6, 6.07) is 13.3. The van der Waals surface area contributed by atoms with Crippen molar-refractivity contribution < 1.29 is 22.7 Å². The molecule has 0 aliphatic carbocycles. The monoisotopic (exact) mass is 490 g/mol. The minimum atomic E-state index is -3.56. The Hall–Kier alpha value is -3.05. The van der Waals surface area contributed by atoms with Gasteiger partial charge < -0.3 is 19.4 Å². The maximum Gasteiger partial charge on any atom is 0.238 e. The number of rotatable bonds is 10. The van der Waals surface area contributed by atoms with Gasteiger partial charge in [0.05, 0.1) is 30.1 Å². The molecule has 33 heavy (non-hydrogen) atoms. The maximum absolute atomic E-state index is 12.9. The normalized spacial score (nSPS) is 12.2. The lowest BCUT2D eigenvalue weighted by molar-refractivity contribution is -0.115. The third kappa shape index (κ3) is 5.85. The fraction of sp³-hybridized carbons (Fsp3) is 0.318. The summed E-state index contributed by atoms with van der Waals surface area (Å²) < 4.78 is 37.5. The number of methoxy groups -OCH3 is 2. The van der Waals surface area contributed by atoms with Crippen molar-refractivity contribution >= 4 is 33.2 Å². The Morgan fingerprint density at radius 1 is 1.12 bits per heavy atom. The van der Waals surface area contributed by atoms with Crippen LogP contribution < -0.4 is 14.8 Å². The van der Waals surface area contributed by atoms with E-state index >= 15 is 0 Å². The number of amides is 1. The number of hydrogen-bond donors (Lipinski definition) is 1. The van der Waals surface area contributed by atoms with Gasteiger partial charge in [-0.3, -0.25) is 4.79 Å². The summed E-state index contributed by atoms with van der Waals surface area (Å²) in [5.41, 5.74) is 0.523. The van der Waals surface area contributed by atoms with E-state index in [9.17, 15) is 13.2 Å². The van der Waals surface area contributed by atoms with Gasteiger partial charge in [0.1, 0.15) is 23.1 Å². The standard InChI is InChI=1S/C22H26N4O5S2/c1-5-19(21(27)23-17-12-11-15(30-3)13-18(17)31-4)32-22-25-24-20(26(22)2)14-33(28,29)16-9-7-6-8-10-16/h6-13,19H,5,14H2,1-4H3,(H,23,27). The molecule has 0 aliphatic heterocycles. The van der Waals surface area contributed by atoms with E-state index in [4.69, 9.17) is 9.47 Å². The molecule has 0 bridgehead atoms. The van der Waals surface area contributed by atoms with Gasteiger partial charge in [0, 0.05) is 13.1 Å². The Bertz CT molecular complexity index is 1210. The number of benzene rings is 2. The number of nitrogens with one attached hydrogen (secondary N) is 1. The van der Waals surface area contributed by atoms with Gasteiger partial charge in [-0.15, -0.1) is 10.2 Å². The zero-order valence-corrected chi connectivity index (χ0v) is 20.4. The summed E-state index contributed by atoms with van der Waals surface area (Å²) in [5, 5.41) is 11.0. The highest BCUT2D eigenvalue weighted by Gasteiger charge is 2.25. The van der Waals surface area contributed by atoms with Gasteiger partial charge in [0.2, 0.25) is 5.91 Å². The Morgan fingerprint density at radius 3 is 2.48 bits per heavy atom. The molecule has 9 nitrogen and oxygen atoms in total. The van der Waals surface area contributed by atoms with E-state index in [0.29, 0.717) is 34.6 Å². The van der Waals surface area contributed by atoms with Crippen LogP contribution in [0.4, 0.5) is 5.69 Å². The molecule has 1 atom stereocenters. The zero-order chi connectivity index (χ0) is 24.0. The first kappa shape index (κ1) is 24.6. The predicted molar refractivity (Wildman–Crippen MR) is 126 cm³/mol. The first-order valence-electron chi connectivity index (χ1n) is 10.1. The third-order valence-electron chi connectivity index (χ3n) is 4.92. The molecular weight excluding hydrogens is 464 g/mol. The summed E-state index contributed by atoms with van der Waals surface area (Å²) in [6.07, 6.45) is 0.527. The molecule has 0 spiro atoms. The van der Waals surface area contributed by atoms with Crippen LogP contribution in [0.1, 0.15) is 19.2 Å². The van der Waals surface area contributed by atoms with Crippen LogP contribution in [0.15, 0.2) is 58.6 Å². The molecule has 0 fully saturated rings. The second kappa shape index (κ2) is 10.7. The van der Waals surface area contributed by atoms with Crippen LogP contribution in [-0.4, -0.2) is 48.6 Å². The van der Waals surface area contributed by atoms with Gasteiger partial charge in [-0.05, 0) is 30.7 Å². The summed E-state index contributed by atoms with van der Waals surface area (Å²) in [5.74, 6) is 0.881. The molecule has 3 aromatic rings. The van der Waals surface area contributed by atoms with E-state index < -0.39 is 15.1 Å². The van der Waals surface area contributed by atoms with Crippen molar-refractivity contribution in [3.8, 4) is 11.5 Å². The van der Waals surface area contributed by atoms with E-state index in [1.165, 1.54) is 18.9 Å². The summed E-state index contributed by atoms with van der Waals surface area (Å²) in [6.45, 7) is 1.89. The number of hydrogen-bond acceptors (Lipinski definition) is 8. The number of nitrogens with zero attached hydrogens (tertiary/aromatic N) is 3. The molecular formula is C22H26N4O5S2. The number of ether oxygens (including phenoxy) is 2. The smallest absolute Gasteiger partial charge is 0.238 e. The number of sulfone groups is 1. The largest absolute Gasteiger partial charge is 0.497 e. The van der Waals surface area contributed by atoms with Crippen molar-refractivity contribution in [1.82, 2.24) is 14.8 Å². The molecule has 1 aromatic heterocycles. The highest BCUT2D eigenvalue weighted by Crippen LogP contribution is 2.31. The molecule has 0 saturated carbocycles. The van der Waals surface area contributed by atoms with Crippen LogP contribution in [-0.2, 0) is 27.4 Å². The molecule has 1 N–H and O–H groups in total. The Labute approximate surface area is 197 Å². The van der Waals surface area contributed by atoms with E-state index in [1.807, 2.05) is 6.92 Å². The highest BCUT2D eigenvalue weighted by molar-refractivity contribution is 8.00. The zero-order valence-electron chi connectivity index (χ0n) is 18.8. The first-order valence-corrected chi connectivity index (χ1v) is 12.7. The SMILES string of the molecule is CCC(Sc1nnc(CS(=O)(=O)c2ccccc2)n1C)C(=O)Nc1ccc(OC)cc1OC. The second-order valence-electron chi connectivity index (χ2n) is 7.10. The first-order chi connectivity index (χ1) is 15.8. The van der Waals surface area contributed by atoms with Crippen molar-refractivity contribution in [3.63, 3.8) is 0 Å². The lowest BCUT2D eigenvalue weighted by atomic mass is 10.2. The Balaban J connectivity index is 1.73. The van der Waals surface area contributed by atoms with E-state index in [0.717, 1.165) is 0 Å². The number of anilines is 1. The number of carbonyl (C=O) groups is 1. The van der Waals surface area contributed by atoms with Gasteiger partial charge in [0.15, 0.2) is 15.0 Å². The van der Waals surface area contributed by atoms with Crippen molar-refractivity contribution in [2.75, 3.05) is 19.5 Å². The van der Waals surface area contributed by atoms with Gasteiger partial charge >= 0.3 is 0 Å². The third-order valence-corrected chi connectivity index (χ3v) is 7.95. The van der Waals surface area contributed by atoms with Crippen LogP contribution in [0.3, 0.4) is 0 Å². The molecule has 11 heteroatoms. The molecule has 1 amide bonds. The van der Waals surface area contributed by atoms with Crippen LogP contribution >= 0.6 is 11.8 Å². The molecule has 2 aromatic carbocycles. The highest BCUT2D eigenvalue weighted by atomic mass is 32.2. The van der Waals surface area contributed by atoms with Crippen molar-refractivity contribution in [2.24, 2.45) is 7.05 Å². The van der Waals surface area contributed by atoms with Gasteiger partial charge in [0.25, 0.3) is 0 Å². The van der Waals surface area contributed by atoms with Gasteiger partial charge in [-0.2, -0.15) is 0 Å².